The summed E-state index contributed by atoms with van der Waals surface area (Å²) >= 11 is 5.95. The third kappa shape index (κ3) is 3.88. The van der Waals surface area contributed by atoms with Crippen LogP contribution in [0.25, 0.3) is 0 Å². The molecule has 6 nitrogen and oxygen atoms in total. The Hall–Kier alpha value is -2.99. The molecule has 0 N–H and O–H groups in total. The number of carbonyl (C=O) groups excluding carboxylic acids is 4. The van der Waals surface area contributed by atoms with Crippen LogP contribution in [-0.4, -0.2) is 39.6 Å². The predicted octanol–water partition coefficient (Wildman–Crippen LogP) is 4.14. The van der Waals surface area contributed by atoms with E-state index in [1.54, 1.807) is 49.4 Å². The summed E-state index contributed by atoms with van der Waals surface area (Å²) in [6, 6.07) is 13.7. The van der Waals surface area contributed by atoms with Crippen LogP contribution in [0.3, 0.4) is 0 Å². The molecule has 0 aromatic heterocycles. The molecule has 0 unspecified atom stereocenters. The highest BCUT2D eigenvalue weighted by molar-refractivity contribution is 6.30. The Morgan fingerprint density at radius 2 is 1.45 bits per heavy atom. The normalized spacial score (nSPS) is 21.5. The van der Waals surface area contributed by atoms with Gasteiger partial charge in [0.15, 0.2) is 5.78 Å². The van der Waals surface area contributed by atoms with Crippen molar-refractivity contribution in [3.05, 3.63) is 70.7 Å². The van der Waals surface area contributed by atoms with Crippen LogP contribution in [0.1, 0.15) is 53.3 Å². The van der Waals surface area contributed by atoms with Crippen LogP contribution in [0.2, 0.25) is 5.02 Å². The SMILES string of the molecule is C[C@H](C(=O)c1ccccc1)N(C(=O)c1ccc(Cl)cc1)N1C(=O)[C@H]2CCCC[C@H]2C1=O. The zero-order chi connectivity index (χ0) is 22.1. The molecule has 7 heteroatoms. The molecule has 2 fully saturated rings. The van der Waals surface area contributed by atoms with Gasteiger partial charge in [-0.05, 0) is 44.0 Å². The molecule has 3 atom stereocenters. The van der Waals surface area contributed by atoms with Gasteiger partial charge in [0.1, 0.15) is 6.04 Å². The second kappa shape index (κ2) is 8.63. The van der Waals surface area contributed by atoms with E-state index in [1.807, 2.05) is 0 Å². The number of ketones is 1. The largest absolute Gasteiger partial charge is 0.292 e. The van der Waals surface area contributed by atoms with Crippen molar-refractivity contribution in [3.8, 4) is 0 Å². The maximum absolute atomic E-state index is 13.5. The number of rotatable bonds is 5. The first-order valence-corrected chi connectivity index (χ1v) is 10.8. The molecule has 1 aliphatic heterocycles. The molecule has 31 heavy (non-hydrogen) atoms. The van der Waals surface area contributed by atoms with Gasteiger partial charge in [0.05, 0.1) is 11.8 Å². The number of imide groups is 1. The average molecular weight is 439 g/mol. The van der Waals surface area contributed by atoms with Crippen molar-refractivity contribution >= 4 is 35.1 Å². The summed E-state index contributed by atoms with van der Waals surface area (Å²) in [6.07, 6.45) is 2.99. The van der Waals surface area contributed by atoms with Crippen molar-refractivity contribution < 1.29 is 19.2 Å². The molecule has 1 saturated heterocycles. The monoisotopic (exact) mass is 438 g/mol. The Morgan fingerprint density at radius 1 is 0.903 bits per heavy atom. The molecule has 2 aromatic carbocycles. The molecular weight excluding hydrogens is 416 g/mol. The molecule has 1 heterocycles. The van der Waals surface area contributed by atoms with Crippen LogP contribution >= 0.6 is 11.6 Å². The molecule has 0 bridgehead atoms. The van der Waals surface area contributed by atoms with Gasteiger partial charge < -0.3 is 0 Å². The second-order valence-corrected chi connectivity index (χ2v) is 8.49. The van der Waals surface area contributed by atoms with E-state index in [9.17, 15) is 19.2 Å². The molecular formula is C24H23ClN2O4. The van der Waals surface area contributed by atoms with Gasteiger partial charge in [-0.1, -0.05) is 54.8 Å². The highest BCUT2D eigenvalue weighted by Crippen LogP contribution is 2.39. The van der Waals surface area contributed by atoms with Crippen LogP contribution in [0.5, 0.6) is 0 Å². The fourth-order valence-electron chi connectivity index (χ4n) is 4.48. The number of fused-ring (bicyclic) bond motifs is 1. The minimum Gasteiger partial charge on any atom is -0.292 e. The van der Waals surface area contributed by atoms with E-state index in [0.29, 0.717) is 23.4 Å². The standard InChI is InChI=1S/C24H23ClN2O4/c1-15(21(28)16-7-3-2-4-8-16)26(22(29)17-11-13-18(25)14-12-17)27-23(30)19-9-5-6-10-20(19)24(27)31/h2-4,7-8,11-15,19-20H,5-6,9-10H2,1H3/t15-,19-,20+/m1/s1. The number of carbonyl (C=O) groups is 4. The first-order valence-electron chi connectivity index (χ1n) is 10.5. The zero-order valence-electron chi connectivity index (χ0n) is 17.2. The van der Waals surface area contributed by atoms with Crippen molar-refractivity contribution in [2.75, 3.05) is 0 Å². The number of hydrogen-bond acceptors (Lipinski definition) is 4. The van der Waals surface area contributed by atoms with E-state index >= 15 is 0 Å². The summed E-state index contributed by atoms with van der Waals surface area (Å²) < 4.78 is 0. The quantitative estimate of drug-likeness (QED) is 0.519. The lowest BCUT2D eigenvalue weighted by atomic mass is 9.81. The lowest BCUT2D eigenvalue weighted by molar-refractivity contribution is -0.156. The van der Waals surface area contributed by atoms with Crippen molar-refractivity contribution in [2.24, 2.45) is 11.8 Å². The summed E-state index contributed by atoms with van der Waals surface area (Å²) in [5.41, 5.74) is 0.646. The lowest BCUT2D eigenvalue weighted by Gasteiger charge is -2.34. The highest BCUT2D eigenvalue weighted by atomic mass is 35.5. The topological polar surface area (TPSA) is 74.8 Å². The second-order valence-electron chi connectivity index (χ2n) is 8.05. The average Bonchev–Trinajstić information content (AvgIpc) is 3.05. The third-order valence-electron chi connectivity index (χ3n) is 6.14. The Morgan fingerprint density at radius 3 is 2.00 bits per heavy atom. The van der Waals surface area contributed by atoms with Crippen LogP contribution < -0.4 is 0 Å². The Labute approximate surface area is 185 Å². The molecule has 3 amide bonds. The Kier molecular flexibility index (Phi) is 5.92. The van der Waals surface area contributed by atoms with E-state index in [1.165, 1.54) is 12.1 Å². The van der Waals surface area contributed by atoms with Crippen molar-refractivity contribution in [2.45, 2.75) is 38.6 Å². The zero-order valence-corrected chi connectivity index (χ0v) is 17.9. The summed E-state index contributed by atoms with van der Waals surface area (Å²) in [5, 5.41) is 2.43. The van der Waals surface area contributed by atoms with E-state index in [-0.39, 0.29) is 11.3 Å². The number of benzene rings is 2. The fraction of sp³-hybridized carbons (Fsp3) is 0.333. The molecule has 0 radical (unpaired) electrons. The predicted molar refractivity (Wildman–Crippen MR) is 115 cm³/mol. The van der Waals surface area contributed by atoms with Gasteiger partial charge in [0.25, 0.3) is 17.7 Å². The van der Waals surface area contributed by atoms with Crippen LogP contribution in [0.4, 0.5) is 0 Å². The maximum Gasteiger partial charge on any atom is 0.273 e. The number of halogens is 1. The molecule has 1 saturated carbocycles. The molecule has 160 valence electrons. The van der Waals surface area contributed by atoms with Crippen molar-refractivity contribution in [1.82, 2.24) is 10.0 Å². The van der Waals surface area contributed by atoms with Gasteiger partial charge in [-0.15, -0.1) is 0 Å². The minimum absolute atomic E-state index is 0.243. The number of hydrazine groups is 1. The fourth-order valence-corrected chi connectivity index (χ4v) is 4.60. The number of amides is 3. The van der Waals surface area contributed by atoms with Gasteiger partial charge >= 0.3 is 0 Å². The van der Waals surface area contributed by atoms with E-state index in [0.717, 1.165) is 22.9 Å². The Bertz CT molecular complexity index is 998. The van der Waals surface area contributed by atoms with Gasteiger partial charge in [-0.2, -0.15) is 5.01 Å². The van der Waals surface area contributed by atoms with Crippen molar-refractivity contribution in [3.63, 3.8) is 0 Å². The molecule has 1 aliphatic carbocycles. The van der Waals surface area contributed by atoms with E-state index < -0.39 is 35.6 Å². The third-order valence-corrected chi connectivity index (χ3v) is 6.39. The first kappa shape index (κ1) is 21.2. The van der Waals surface area contributed by atoms with Gasteiger partial charge in [-0.25, -0.2) is 5.01 Å². The molecule has 0 spiro atoms. The number of Topliss-reactive ketones (excluding diaryl/α,β-unsaturated/α-hetero) is 1. The summed E-state index contributed by atoms with van der Waals surface area (Å²) in [5.74, 6) is -2.59. The Balaban J connectivity index is 1.74. The summed E-state index contributed by atoms with van der Waals surface area (Å²) in [4.78, 5) is 53.1. The smallest absolute Gasteiger partial charge is 0.273 e. The highest BCUT2D eigenvalue weighted by Gasteiger charge is 2.53. The van der Waals surface area contributed by atoms with E-state index in [4.69, 9.17) is 11.6 Å². The number of nitrogens with zero attached hydrogens (tertiary/aromatic N) is 2. The first-order chi connectivity index (χ1) is 14.9. The lowest BCUT2D eigenvalue weighted by Crippen LogP contribution is -2.56. The van der Waals surface area contributed by atoms with Gasteiger partial charge in [-0.3, -0.25) is 19.2 Å². The summed E-state index contributed by atoms with van der Waals surface area (Å²) in [6.45, 7) is 1.55. The summed E-state index contributed by atoms with van der Waals surface area (Å²) in [7, 11) is 0. The van der Waals surface area contributed by atoms with Crippen LogP contribution in [0, 0.1) is 11.8 Å². The van der Waals surface area contributed by atoms with E-state index in [2.05, 4.69) is 0 Å². The maximum atomic E-state index is 13.5. The van der Waals surface area contributed by atoms with Crippen molar-refractivity contribution in [1.29, 1.82) is 0 Å². The molecule has 2 aliphatic rings. The number of hydrogen-bond donors (Lipinski definition) is 0. The minimum atomic E-state index is -1.04. The van der Waals surface area contributed by atoms with Gasteiger partial charge in [0.2, 0.25) is 0 Å². The molecule has 2 aromatic rings. The van der Waals surface area contributed by atoms with Crippen LogP contribution in [-0.2, 0) is 9.59 Å². The molecule has 4 rings (SSSR count). The van der Waals surface area contributed by atoms with Gasteiger partial charge in [0, 0.05) is 16.1 Å². The van der Waals surface area contributed by atoms with Crippen LogP contribution in [0.15, 0.2) is 54.6 Å².